The number of carbonyl (C=O) groups is 2. The van der Waals surface area contributed by atoms with Gasteiger partial charge < -0.3 is 0 Å². The standard InChI is InChI=1S/C4H5NO3.C4H8O2S/c6-3-1-2-4(7)5(3)8;5-7(6)3-1-2-4-7/h8H,1-2H2;1-4H2. The van der Waals surface area contributed by atoms with Gasteiger partial charge in [-0.1, -0.05) is 0 Å². The molecule has 6 nitrogen and oxygen atoms in total. The average Bonchev–Trinajstić information content (AvgIpc) is 2.68. The molecule has 0 aromatic carbocycles. The third-order valence-corrected chi connectivity index (χ3v) is 4.01. The van der Waals surface area contributed by atoms with E-state index in [1.54, 1.807) is 0 Å². The molecule has 0 saturated carbocycles. The van der Waals surface area contributed by atoms with E-state index in [-0.39, 0.29) is 17.9 Å². The first kappa shape index (κ1) is 12.1. The van der Waals surface area contributed by atoms with Crippen molar-refractivity contribution in [3.63, 3.8) is 0 Å². The summed E-state index contributed by atoms with van der Waals surface area (Å²) in [5, 5.41) is 8.57. The van der Waals surface area contributed by atoms with Gasteiger partial charge in [0.2, 0.25) is 0 Å². The van der Waals surface area contributed by atoms with Crippen LogP contribution in [-0.2, 0) is 19.4 Å². The van der Waals surface area contributed by atoms with Crippen molar-refractivity contribution < 1.29 is 23.2 Å². The Balaban J connectivity index is 0.000000151. The molecule has 2 saturated heterocycles. The fraction of sp³-hybridized carbons (Fsp3) is 0.750. The van der Waals surface area contributed by atoms with Crippen LogP contribution in [0.15, 0.2) is 0 Å². The summed E-state index contributed by atoms with van der Waals surface area (Å²) in [5.74, 6) is -0.162. The van der Waals surface area contributed by atoms with Gasteiger partial charge in [0, 0.05) is 12.8 Å². The van der Waals surface area contributed by atoms with E-state index in [0.29, 0.717) is 11.5 Å². The maximum atomic E-state index is 10.4. The average molecular weight is 235 g/mol. The van der Waals surface area contributed by atoms with Gasteiger partial charge in [-0.3, -0.25) is 14.8 Å². The van der Waals surface area contributed by atoms with E-state index < -0.39 is 21.7 Å². The van der Waals surface area contributed by atoms with Crippen LogP contribution in [0.4, 0.5) is 0 Å². The predicted molar refractivity (Wildman–Crippen MR) is 50.8 cm³/mol. The van der Waals surface area contributed by atoms with Gasteiger partial charge in [-0.15, -0.1) is 0 Å². The molecule has 0 aromatic heterocycles. The van der Waals surface area contributed by atoms with Crippen molar-refractivity contribution in [1.82, 2.24) is 5.06 Å². The molecule has 0 aromatic rings. The van der Waals surface area contributed by atoms with Gasteiger partial charge in [-0.25, -0.2) is 8.42 Å². The van der Waals surface area contributed by atoms with Crippen LogP contribution in [-0.4, -0.2) is 42.0 Å². The Kier molecular flexibility index (Phi) is 3.81. The SMILES string of the molecule is O=C1CCC(=O)N1O.O=S1(=O)CCCC1. The van der Waals surface area contributed by atoms with Crippen LogP contribution >= 0.6 is 0 Å². The smallest absolute Gasteiger partial charge is 0.253 e. The maximum Gasteiger partial charge on any atom is 0.253 e. The molecule has 0 atom stereocenters. The molecule has 0 unspecified atom stereocenters. The second-order valence-electron chi connectivity index (χ2n) is 3.46. The number of nitrogens with zero attached hydrogens (tertiary/aromatic N) is 1. The number of hydroxylamine groups is 2. The zero-order chi connectivity index (χ0) is 11.5. The van der Waals surface area contributed by atoms with Gasteiger partial charge in [0.15, 0.2) is 0 Å². The highest BCUT2D eigenvalue weighted by Gasteiger charge is 2.26. The summed E-state index contributed by atoms with van der Waals surface area (Å²) in [7, 11) is -2.55. The number of imide groups is 1. The summed E-state index contributed by atoms with van der Waals surface area (Å²) in [6.45, 7) is 0. The highest BCUT2D eigenvalue weighted by Crippen LogP contribution is 2.08. The molecule has 0 aliphatic carbocycles. The van der Waals surface area contributed by atoms with Gasteiger partial charge in [0.25, 0.3) is 11.8 Å². The second-order valence-corrected chi connectivity index (χ2v) is 5.76. The zero-order valence-corrected chi connectivity index (χ0v) is 8.99. The zero-order valence-electron chi connectivity index (χ0n) is 8.18. The minimum Gasteiger partial charge on any atom is -0.279 e. The minimum absolute atomic E-state index is 0.148. The Labute approximate surface area is 87.7 Å². The topological polar surface area (TPSA) is 91.8 Å². The Bertz CT molecular complexity index is 333. The molecule has 0 spiro atoms. The van der Waals surface area contributed by atoms with E-state index in [9.17, 15) is 18.0 Å². The lowest BCUT2D eigenvalue weighted by molar-refractivity contribution is -0.171. The summed E-state index contributed by atoms with van der Waals surface area (Å²) in [5.41, 5.74) is 0. The van der Waals surface area contributed by atoms with Crippen LogP contribution in [0.3, 0.4) is 0 Å². The summed E-state index contributed by atoms with van der Waals surface area (Å²) in [4.78, 5) is 20.5. The molecule has 0 bridgehead atoms. The summed E-state index contributed by atoms with van der Waals surface area (Å²) in [6.07, 6.45) is 2.05. The Morgan fingerprint density at radius 3 is 1.53 bits per heavy atom. The van der Waals surface area contributed by atoms with E-state index in [4.69, 9.17) is 5.21 Å². The highest BCUT2D eigenvalue weighted by molar-refractivity contribution is 7.91. The molecule has 0 radical (unpaired) electrons. The van der Waals surface area contributed by atoms with Gasteiger partial charge in [-0.2, -0.15) is 5.06 Å². The van der Waals surface area contributed by atoms with Crippen LogP contribution in [0.1, 0.15) is 25.7 Å². The molecule has 2 heterocycles. The van der Waals surface area contributed by atoms with E-state index in [1.165, 1.54) is 0 Å². The van der Waals surface area contributed by atoms with Crippen LogP contribution in [0.2, 0.25) is 0 Å². The van der Waals surface area contributed by atoms with Crippen molar-refractivity contribution in [3.8, 4) is 0 Å². The fourth-order valence-corrected chi connectivity index (χ4v) is 2.80. The minimum atomic E-state index is -2.55. The van der Waals surface area contributed by atoms with Crippen molar-refractivity contribution >= 4 is 21.7 Å². The number of sulfone groups is 1. The van der Waals surface area contributed by atoms with Crippen LogP contribution in [0, 0.1) is 0 Å². The van der Waals surface area contributed by atoms with Crippen molar-refractivity contribution in [3.05, 3.63) is 0 Å². The van der Waals surface area contributed by atoms with Gasteiger partial charge >= 0.3 is 0 Å². The number of hydrogen-bond acceptors (Lipinski definition) is 5. The van der Waals surface area contributed by atoms with Crippen LogP contribution < -0.4 is 0 Å². The molecule has 7 heteroatoms. The van der Waals surface area contributed by atoms with Crippen molar-refractivity contribution in [2.75, 3.05) is 11.5 Å². The molecule has 2 aliphatic rings. The Morgan fingerprint density at radius 2 is 1.40 bits per heavy atom. The Morgan fingerprint density at radius 1 is 1.00 bits per heavy atom. The first-order chi connectivity index (χ1) is 6.92. The van der Waals surface area contributed by atoms with Crippen LogP contribution in [0.5, 0.6) is 0 Å². The molecule has 2 aliphatic heterocycles. The van der Waals surface area contributed by atoms with Crippen LogP contribution in [0.25, 0.3) is 0 Å². The number of amides is 2. The molecule has 15 heavy (non-hydrogen) atoms. The van der Waals surface area contributed by atoms with E-state index in [0.717, 1.165) is 12.8 Å². The monoisotopic (exact) mass is 235 g/mol. The first-order valence-corrected chi connectivity index (χ1v) is 6.49. The molecule has 86 valence electrons. The lowest BCUT2D eigenvalue weighted by Gasteiger charge is -1.98. The van der Waals surface area contributed by atoms with Crippen molar-refractivity contribution in [2.45, 2.75) is 25.7 Å². The second kappa shape index (κ2) is 4.71. The van der Waals surface area contributed by atoms with Crippen molar-refractivity contribution in [2.24, 2.45) is 0 Å². The first-order valence-electron chi connectivity index (χ1n) is 4.67. The number of hydrogen-bond donors (Lipinski definition) is 1. The van der Waals surface area contributed by atoms with Crippen molar-refractivity contribution in [1.29, 1.82) is 0 Å². The summed E-state index contributed by atoms with van der Waals surface area (Å²) < 4.78 is 20.9. The molecular formula is C8H13NO5S. The quantitative estimate of drug-likeness (QED) is 0.460. The predicted octanol–water partition coefficient (Wildman–Crippen LogP) is -0.280. The molecule has 2 fully saturated rings. The molecule has 2 amide bonds. The largest absolute Gasteiger partial charge is 0.279 e. The summed E-state index contributed by atoms with van der Waals surface area (Å²) >= 11 is 0. The van der Waals surface area contributed by atoms with E-state index in [2.05, 4.69) is 0 Å². The molecule has 1 N–H and O–H groups in total. The highest BCUT2D eigenvalue weighted by atomic mass is 32.2. The van der Waals surface area contributed by atoms with E-state index >= 15 is 0 Å². The number of carbonyl (C=O) groups excluding carboxylic acids is 2. The van der Waals surface area contributed by atoms with Gasteiger partial charge in [0.1, 0.15) is 9.84 Å². The molecule has 2 rings (SSSR count). The maximum absolute atomic E-state index is 10.4. The number of rotatable bonds is 0. The van der Waals surface area contributed by atoms with Gasteiger partial charge in [0.05, 0.1) is 11.5 Å². The normalized spacial score (nSPS) is 23.9. The summed E-state index contributed by atoms with van der Waals surface area (Å²) in [6, 6.07) is 0. The Hall–Kier alpha value is -0.950. The van der Waals surface area contributed by atoms with Gasteiger partial charge in [-0.05, 0) is 12.8 Å². The third-order valence-electron chi connectivity index (χ3n) is 2.19. The van der Waals surface area contributed by atoms with E-state index in [1.807, 2.05) is 0 Å². The molecular weight excluding hydrogens is 222 g/mol. The fourth-order valence-electron chi connectivity index (χ4n) is 1.31. The lowest BCUT2D eigenvalue weighted by Crippen LogP contribution is -2.24. The lowest BCUT2D eigenvalue weighted by atomic mass is 10.4. The third kappa shape index (κ3) is 3.60.